The van der Waals surface area contributed by atoms with Crippen LogP contribution in [0, 0.1) is 11.2 Å². The summed E-state index contributed by atoms with van der Waals surface area (Å²) < 4.78 is 18.7. The highest BCUT2D eigenvalue weighted by molar-refractivity contribution is 5.55. The van der Waals surface area contributed by atoms with E-state index in [9.17, 15) is 4.39 Å². The zero-order valence-corrected chi connectivity index (χ0v) is 10.1. The van der Waals surface area contributed by atoms with Crippen LogP contribution < -0.4 is 0 Å². The van der Waals surface area contributed by atoms with Crippen molar-refractivity contribution in [3.8, 4) is 17.2 Å². The second-order valence-corrected chi connectivity index (χ2v) is 5.37. The summed E-state index contributed by atoms with van der Waals surface area (Å²) in [5.41, 5.74) is 0.416. The summed E-state index contributed by atoms with van der Waals surface area (Å²) in [5, 5.41) is 13.0. The fraction of sp³-hybridized carbons (Fsp3) is 0.385. The quantitative estimate of drug-likeness (QED) is 0.887. The number of rotatable bonds is 2. The van der Waals surface area contributed by atoms with E-state index in [0.717, 1.165) is 12.5 Å². The van der Waals surface area contributed by atoms with Gasteiger partial charge in [-0.2, -0.15) is 4.98 Å². The van der Waals surface area contributed by atoms with Gasteiger partial charge in [0, 0.05) is 12.0 Å². The Hall–Kier alpha value is -1.91. The van der Waals surface area contributed by atoms with Gasteiger partial charge < -0.3 is 9.63 Å². The van der Waals surface area contributed by atoms with Crippen molar-refractivity contribution < 1.29 is 14.0 Å². The predicted molar refractivity (Wildman–Crippen MR) is 62.5 cm³/mol. The molecule has 1 heterocycles. The summed E-state index contributed by atoms with van der Waals surface area (Å²) in [6.45, 7) is 4.27. The summed E-state index contributed by atoms with van der Waals surface area (Å²) in [6, 6.07) is 3.85. The SMILES string of the molecule is CC1(C)CC1c1noc(-c2ccc(O)cc2F)n1. The minimum atomic E-state index is -0.569. The maximum absolute atomic E-state index is 13.6. The van der Waals surface area contributed by atoms with E-state index in [4.69, 9.17) is 9.63 Å². The molecule has 1 aromatic carbocycles. The van der Waals surface area contributed by atoms with Gasteiger partial charge in [0.05, 0.1) is 5.56 Å². The fourth-order valence-electron chi connectivity index (χ4n) is 2.07. The van der Waals surface area contributed by atoms with Gasteiger partial charge in [0.25, 0.3) is 5.89 Å². The van der Waals surface area contributed by atoms with Gasteiger partial charge in [0.2, 0.25) is 0 Å². The Morgan fingerprint density at radius 3 is 2.78 bits per heavy atom. The number of nitrogens with zero attached hydrogens (tertiary/aromatic N) is 2. The van der Waals surface area contributed by atoms with Crippen molar-refractivity contribution in [3.05, 3.63) is 29.8 Å². The van der Waals surface area contributed by atoms with Gasteiger partial charge in [-0.25, -0.2) is 4.39 Å². The summed E-state index contributed by atoms with van der Waals surface area (Å²) in [7, 11) is 0. The van der Waals surface area contributed by atoms with Crippen LogP contribution in [0.25, 0.3) is 11.5 Å². The highest BCUT2D eigenvalue weighted by Crippen LogP contribution is 2.57. The lowest BCUT2D eigenvalue weighted by atomic mass is 10.1. The van der Waals surface area contributed by atoms with E-state index in [1.165, 1.54) is 12.1 Å². The average molecular weight is 248 g/mol. The van der Waals surface area contributed by atoms with E-state index < -0.39 is 5.82 Å². The Labute approximate surface area is 103 Å². The normalized spacial score (nSPS) is 20.9. The van der Waals surface area contributed by atoms with Gasteiger partial charge in [0.15, 0.2) is 5.82 Å². The second kappa shape index (κ2) is 3.54. The number of phenols is 1. The molecule has 0 spiro atoms. The topological polar surface area (TPSA) is 59.2 Å². The molecule has 1 N–H and O–H groups in total. The Morgan fingerprint density at radius 2 is 2.17 bits per heavy atom. The van der Waals surface area contributed by atoms with E-state index in [2.05, 4.69) is 24.0 Å². The monoisotopic (exact) mass is 248 g/mol. The lowest BCUT2D eigenvalue weighted by Crippen LogP contribution is -1.92. The maximum atomic E-state index is 13.6. The standard InChI is InChI=1S/C13H13FN2O2/c1-13(2)6-9(13)11-15-12(18-16-11)8-4-3-7(17)5-10(8)14/h3-5,9,17H,6H2,1-2H3. The zero-order chi connectivity index (χ0) is 12.9. The molecular weight excluding hydrogens is 235 g/mol. The lowest BCUT2D eigenvalue weighted by Gasteiger charge is -1.97. The largest absolute Gasteiger partial charge is 0.508 e. The first-order valence-electron chi connectivity index (χ1n) is 5.80. The number of aromatic nitrogens is 2. The number of benzene rings is 1. The van der Waals surface area contributed by atoms with Gasteiger partial charge >= 0.3 is 0 Å². The molecule has 1 fully saturated rings. The zero-order valence-electron chi connectivity index (χ0n) is 10.1. The first-order chi connectivity index (χ1) is 8.47. The van der Waals surface area contributed by atoms with Crippen LogP contribution in [0.3, 0.4) is 0 Å². The Balaban J connectivity index is 1.94. The summed E-state index contributed by atoms with van der Waals surface area (Å²) in [4.78, 5) is 4.23. The third-order valence-corrected chi connectivity index (χ3v) is 3.45. The summed E-state index contributed by atoms with van der Waals surface area (Å²) in [6.07, 6.45) is 1.02. The van der Waals surface area contributed by atoms with Crippen molar-refractivity contribution in [1.29, 1.82) is 0 Å². The molecule has 1 saturated carbocycles. The molecule has 1 aliphatic carbocycles. The third kappa shape index (κ3) is 1.75. The van der Waals surface area contributed by atoms with Crippen LogP contribution in [0.15, 0.2) is 22.7 Å². The van der Waals surface area contributed by atoms with Crippen molar-refractivity contribution in [2.45, 2.75) is 26.2 Å². The van der Waals surface area contributed by atoms with Crippen LogP contribution in [-0.2, 0) is 0 Å². The van der Waals surface area contributed by atoms with Crippen LogP contribution in [0.4, 0.5) is 4.39 Å². The Kier molecular flexibility index (Phi) is 2.20. The van der Waals surface area contributed by atoms with Crippen LogP contribution >= 0.6 is 0 Å². The van der Waals surface area contributed by atoms with Crippen molar-refractivity contribution in [1.82, 2.24) is 10.1 Å². The smallest absolute Gasteiger partial charge is 0.260 e. The van der Waals surface area contributed by atoms with Gasteiger partial charge in [-0.15, -0.1) is 0 Å². The fourth-order valence-corrected chi connectivity index (χ4v) is 2.07. The molecule has 1 atom stereocenters. The predicted octanol–water partition coefficient (Wildman–Crippen LogP) is 3.09. The number of phenolic OH excluding ortho intramolecular Hbond substituents is 1. The average Bonchev–Trinajstić information content (AvgIpc) is 2.74. The number of aromatic hydroxyl groups is 1. The minimum absolute atomic E-state index is 0.126. The van der Waals surface area contributed by atoms with Crippen molar-refractivity contribution in [3.63, 3.8) is 0 Å². The number of hydrogen-bond acceptors (Lipinski definition) is 4. The number of halogens is 1. The van der Waals surface area contributed by atoms with Crippen LogP contribution in [0.2, 0.25) is 0 Å². The van der Waals surface area contributed by atoms with Crippen molar-refractivity contribution >= 4 is 0 Å². The first kappa shape index (κ1) is 11.2. The molecule has 1 aromatic heterocycles. The second-order valence-electron chi connectivity index (χ2n) is 5.37. The molecule has 18 heavy (non-hydrogen) atoms. The van der Waals surface area contributed by atoms with Crippen molar-refractivity contribution in [2.24, 2.45) is 5.41 Å². The highest BCUT2D eigenvalue weighted by atomic mass is 19.1. The van der Waals surface area contributed by atoms with E-state index in [1.54, 1.807) is 0 Å². The summed E-state index contributed by atoms with van der Waals surface area (Å²) >= 11 is 0. The van der Waals surface area contributed by atoms with E-state index in [0.29, 0.717) is 5.82 Å². The lowest BCUT2D eigenvalue weighted by molar-refractivity contribution is 0.416. The minimum Gasteiger partial charge on any atom is -0.508 e. The number of hydrogen-bond donors (Lipinski definition) is 1. The van der Waals surface area contributed by atoms with Gasteiger partial charge in [-0.3, -0.25) is 0 Å². The highest BCUT2D eigenvalue weighted by Gasteiger charge is 2.49. The molecular formula is C13H13FN2O2. The molecule has 94 valence electrons. The molecule has 0 aliphatic heterocycles. The molecule has 0 radical (unpaired) electrons. The Bertz CT molecular complexity index is 607. The van der Waals surface area contributed by atoms with Gasteiger partial charge in [0.1, 0.15) is 11.6 Å². The van der Waals surface area contributed by atoms with E-state index in [1.807, 2.05) is 0 Å². The molecule has 3 rings (SSSR count). The molecule has 2 aromatic rings. The van der Waals surface area contributed by atoms with Crippen LogP contribution in [-0.4, -0.2) is 15.2 Å². The molecule has 5 heteroatoms. The first-order valence-corrected chi connectivity index (χ1v) is 5.80. The van der Waals surface area contributed by atoms with Crippen molar-refractivity contribution in [2.75, 3.05) is 0 Å². The molecule has 1 unspecified atom stereocenters. The Morgan fingerprint density at radius 1 is 1.44 bits per heavy atom. The molecule has 4 nitrogen and oxygen atoms in total. The van der Waals surface area contributed by atoms with Crippen LogP contribution in [0.5, 0.6) is 5.75 Å². The molecule has 0 amide bonds. The molecule has 0 saturated heterocycles. The third-order valence-electron chi connectivity index (χ3n) is 3.45. The van der Waals surface area contributed by atoms with Gasteiger partial charge in [-0.1, -0.05) is 19.0 Å². The molecule has 0 bridgehead atoms. The summed E-state index contributed by atoms with van der Waals surface area (Å²) in [5.74, 6) is 0.377. The maximum Gasteiger partial charge on any atom is 0.260 e. The van der Waals surface area contributed by atoms with Crippen LogP contribution in [0.1, 0.15) is 32.0 Å². The van der Waals surface area contributed by atoms with Gasteiger partial charge in [-0.05, 0) is 24.0 Å². The molecule has 1 aliphatic rings. The van der Waals surface area contributed by atoms with E-state index in [-0.39, 0.29) is 28.5 Å². The van der Waals surface area contributed by atoms with E-state index >= 15 is 0 Å².